The van der Waals surface area contributed by atoms with Crippen molar-refractivity contribution >= 4 is 5.91 Å². The lowest BCUT2D eigenvalue weighted by Crippen LogP contribution is -2.41. The Bertz CT molecular complexity index is 234. The molecule has 1 aliphatic rings. The van der Waals surface area contributed by atoms with Crippen LogP contribution in [0.15, 0.2) is 0 Å². The van der Waals surface area contributed by atoms with Gasteiger partial charge in [-0.15, -0.1) is 0 Å². The molecule has 0 saturated carbocycles. The van der Waals surface area contributed by atoms with Gasteiger partial charge in [0.1, 0.15) is 0 Å². The van der Waals surface area contributed by atoms with E-state index >= 15 is 0 Å². The maximum atomic E-state index is 11.0. The third-order valence-corrected chi connectivity index (χ3v) is 3.08. The molecule has 0 unspecified atom stereocenters. The summed E-state index contributed by atoms with van der Waals surface area (Å²) in [4.78, 5) is 12.9. The SMILES string of the molecule is CCC1(C#N)CCN(C(C)=O)CC1. The van der Waals surface area contributed by atoms with Gasteiger partial charge in [0.05, 0.1) is 11.5 Å². The normalized spacial score (nSPS) is 20.8. The van der Waals surface area contributed by atoms with Gasteiger partial charge in [-0.05, 0) is 19.3 Å². The first-order valence-corrected chi connectivity index (χ1v) is 4.80. The molecule has 1 heterocycles. The van der Waals surface area contributed by atoms with Gasteiger partial charge in [0.15, 0.2) is 0 Å². The number of nitrogens with zero attached hydrogens (tertiary/aromatic N) is 2. The van der Waals surface area contributed by atoms with Gasteiger partial charge in [-0.2, -0.15) is 5.26 Å². The summed E-state index contributed by atoms with van der Waals surface area (Å²) in [5.41, 5.74) is -0.161. The largest absolute Gasteiger partial charge is 0.343 e. The number of likely N-dealkylation sites (tertiary alicyclic amines) is 1. The molecule has 1 aliphatic heterocycles. The summed E-state index contributed by atoms with van der Waals surface area (Å²) in [6, 6.07) is 2.39. The average molecular weight is 180 g/mol. The van der Waals surface area contributed by atoms with Crippen LogP contribution in [-0.2, 0) is 4.79 Å². The lowest BCUT2D eigenvalue weighted by atomic mass is 9.77. The van der Waals surface area contributed by atoms with Crippen molar-refractivity contribution in [1.29, 1.82) is 5.26 Å². The fourth-order valence-electron chi connectivity index (χ4n) is 1.79. The lowest BCUT2D eigenvalue weighted by Gasteiger charge is -2.36. The van der Waals surface area contributed by atoms with E-state index in [1.54, 1.807) is 6.92 Å². The molecule has 72 valence electrons. The molecular weight excluding hydrogens is 164 g/mol. The van der Waals surface area contributed by atoms with Crippen LogP contribution in [0.4, 0.5) is 0 Å². The van der Waals surface area contributed by atoms with Crippen molar-refractivity contribution in [3.63, 3.8) is 0 Å². The van der Waals surface area contributed by atoms with Crippen LogP contribution in [0.2, 0.25) is 0 Å². The second-order valence-electron chi connectivity index (χ2n) is 3.75. The third kappa shape index (κ3) is 2.00. The van der Waals surface area contributed by atoms with E-state index in [2.05, 4.69) is 6.07 Å². The molecule has 0 aromatic carbocycles. The molecule has 1 saturated heterocycles. The van der Waals surface area contributed by atoms with E-state index in [4.69, 9.17) is 5.26 Å². The van der Waals surface area contributed by atoms with Crippen LogP contribution in [0, 0.1) is 16.7 Å². The van der Waals surface area contributed by atoms with Crippen LogP contribution in [0.5, 0.6) is 0 Å². The molecule has 0 bridgehead atoms. The monoisotopic (exact) mass is 180 g/mol. The van der Waals surface area contributed by atoms with E-state index in [1.165, 1.54) is 0 Å². The minimum absolute atomic E-state index is 0.127. The lowest BCUT2D eigenvalue weighted by molar-refractivity contribution is -0.130. The Kier molecular flexibility index (Phi) is 2.92. The van der Waals surface area contributed by atoms with Crippen molar-refractivity contribution in [2.24, 2.45) is 5.41 Å². The van der Waals surface area contributed by atoms with Gasteiger partial charge >= 0.3 is 0 Å². The zero-order valence-corrected chi connectivity index (χ0v) is 8.34. The summed E-state index contributed by atoms with van der Waals surface area (Å²) < 4.78 is 0. The quantitative estimate of drug-likeness (QED) is 0.614. The molecule has 0 N–H and O–H groups in total. The van der Waals surface area contributed by atoms with Crippen molar-refractivity contribution in [3.8, 4) is 6.07 Å². The molecule has 0 aromatic rings. The van der Waals surface area contributed by atoms with Crippen LogP contribution in [0.3, 0.4) is 0 Å². The Balaban J connectivity index is 2.56. The molecule has 0 radical (unpaired) electrons. The van der Waals surface area contributed by atoms with Crippen molar-refractivity contribution in [1.82, 2.24) is 4.90 Å². The van der Waals surface area contributed by atoms with E-state index in [-0.39, 0.29) is 11.3 Å². The minimum atomic E-state index is -0.161. The first-order valence-electron chi connectivity index (χ1n) is 4.80. The second kappa shape index (κ2) is 3.78. The molecule has 0 spiro atoms. The number of carbonyl (C=O) groups is 1. The molecule has 0 atom stereocenters. The van der Waals surface area contributed by atoms with Gasteiger partial charge in [0.2, 0.25) is 5.91 Å². The number of carbonyl (C=O) groups excluding carboxylic acids is 1. The first-order chi connectivity index (χ1) is 6.13. The Labute approximate surface area is 79.3 Å². The molecule has 1 rings (SSSR count). The van der Waals surface area contributed by atoms with Crippen molar-refractivity contribution in [2.75, 3.05) is 13.1 Å². The van der Waals surface area contributed by atoms with Crippen LogP contribution in [-0.4, -0.2) is 23.9 Å². The van der Waals surface area contributed by atoms with Gasteiger partial charge in [0.25, 0.3) is 0 Å². The predicted molar refractivity (Wildman–Crippen MR) is 49.8 cm³/mol. The molecular formula is C10H16N2O. The van der Waals surface area contributed by atoms with Crippen LogP contribution < -0.4 is 0 Å². The van der Waals surface area contributed by atoms with E-state index in [9.17, 15) is 4.79 Å². The van der Waals surface area contributed by atoms with E-state index < -0.39 is 0 Å². The molecule has 3 nitrogen and oxygen atoms in total. The van der Waals surface area contributed by atoms with Crippen molar-refractivity contribution in [3.05, 3.63) is 0 Å². The zero-order chi connectivity index (χ0) is 9.90. The van der Waals surface area contributed by atoms with Crippen LogP contribution in [0.25, 0.3) is 0 Å². The summed E-state index contributed by atoms with van der Waals surface area (Å²) in [6.45, 7) is 5.13. The third-order valence-electron chi connectivity index (χ3n) is 3.08. The summed E-state index contributed by atoms with van der Waals surface area (Å²) >= 11 is 0. The number of hydrogen-bond acceptors (Lipinski definition) is 2. The Morgan fingerprint density at radius 2 is 2.08 bits per heavy atom. The smallest absolute Gasteiger partial charge is 0.219 e. The van der Waals surface area contributed by atoms with Crippen LogP contribution in [0.1, 0.15) is 33.1 Å². The van der Waals surface area contributed by atoms with Crippen LogP contribution >= 0.6 is 0 Å². The second-order valence-corrected chi connectivity index (χ2v) is 3.75. The van der Waals surface area contributed by atoms with E-state index in [1.807, 2.05) is 11.8 Å². The van der Waals surface area contributed by atoms with Crippen molar-refractivity contribution < 1.29 is 4.79 Å². The number of rotatable bonds is 1. The Morgan fingerprint density at radius 1 is 1.54 bits per heavy atom. The maximum Gasteiger partial charge on any atom is 0.219 e. The minimum Gasteiger partial charge on any atom is -0.343 e. The number of amides is 1. The van der Waals surface area contributed by atoms with Gasteiger partial charge < -0.3 is 4.90 Å². The summed E-state index contributed by atoms with van der Waals surface area (Å²) in [7, 11) is 0. The summed E-state index contributed by atoms with van der Waals surface area (Å²) in [6.07, 6.45) is 2.56. The highest BCUT2D eigenvalue weighted by Gasteiger charge is 2.33. The summed E-state index contributed by atoms with van der Waals surface area (Å²) in [5.74, 6) is 0.127. The molecule has 13 heavy (non-hydrogen) atoms. The number of piperidine rings is 1. The average Bonchev–Trinajstić information content (AvgIpc) is 2.18. The zero-order valence-electron chi connectivity index (χ0n) is 8.34. The van der Waals surface area contributed by atoms with Gasteiger partial charge in [-0.25, -0.2) is 0 Å². The van der Waals surface area contributed by atoms with Gasteiger partial charge in [-0.3, -0.25) is 4.79 Å². The topological polar surface area (TPSA) is 44.1 Å². The maximum absolute atomic E-state index is 11.0. The van der Waals surface area contributed by atoms with Gasteiger partial charge in [-0.1, -0.05) is 6.92 Å². The molecule has 3 heteroatoms. The standard InChI is InChI=1S/C10H16N2O/c1-3-10(8-11)4-6-12(7-5-10)9(2)13/h3-7H2,1-2H3. The first kappa shape index (κ1) is 10.0. The fourth-order valence-corrected chi connectivity index (χ4v) is 1.79. The van der Waals surface area contributed by atoms with E-state index in [0.29, 0.717) is 0 Å². The number of hydrogen-bond donors (Lipinski definition) is 0. The number of nitriles is 1. The molecule has 1 fully saturated rings. The Hall–Kier alpha value is -1.04. The van der Waals surface area contributed by atoms with Gasteiger partial charge in [0, 0.05) is 20.0 Å². The highest BCUT2D eigenvalue weighted by atomic mass is 16.2. The predicted octanol–water partition coefficient (Wildman–Crippen LogP) is 1.55. The van der Waals surface area contributed by atoms with E-state index in [0.717, 1.165) is 32.4 Å². The summed E-state index contributed by atoms with van der Waals surface area (Å²) in [5, 5.41) is 9.01. The molecule has 0 aliphatic carbocycles. The highest BCUT2D eigenvalue weighted by Crippen LogP contribution is 2.33. The molecule has 0 aromatic heterocycles. The fraction of sp³-hybridized carbons (Fsp3) is 0.800. The Morgan fingerprint density at radius 3 is 2.38 bits per heavy atom. The molecule has 1 amide bonds. The van der Waals surface area contributed by atoms with Crippen molar-refractivity contribution in [2.45, 2.75) is 33.1 Å². The highest BCUT2D eigenvalue weighted by molar-refractivity contribution is 5.73.